The van der Waals surface area contributed by atoms with E-state index < -0.39 is 26.7 Å². The predicted octanol–water partition coefficient (Wildman–Crippen LogP) is 3.46. The number of hydrogen-bond acceptors (Lipinski definition) is 7. The fourth-order valence-electron chi connectivity index (χ4n) is 3.66. The Morgan fingerprint density at radius 3 is 2.42 bits per heavy atom. The number of azo groups is 1. The summed E-state index contributed by atoms with van der Waals surface area (Å²) in [4.78, 5) is 12.7. The number of halogens is 2. The van der Waals surface area contributed by atoms with Crippen LogP contribution in [-0.4, -0.2) is 26.0 Å². The zero-order valence-electron chi connectivity index (χ0n) is 20.3. The van der Waals surface area contributed by atoms with E-state index in [0.29, 0.717) is 10.8 Å². The largest absolute Gasteiger partial charge is 1.00 e. The van der Waals surface area contributed by atoms with Gasteiger partial charge in [-0.05, 0) is 48.2 Å². The number of rotatable bonds is 6. The van der Waals surface area contributed by atoms with Crippen LogP contribution in [-0.2, 0) is 10.1 Å². The second-order valence-corrected chi connectivity index (χ2v) is 10.0. The van der Waals surface area contributed by atoms with Gasteiger partial charge in [0.05, 0.1) is 29.2 Å². The van der Waals surface area contributed by atoms with Crippen LogP contribution in [0.4, 0.5) is 17.1 Å². The molecule has 0 saturated carbocycles. The van der Waals surface area contributed by atoms with Gasteiger partial charge in [0.15, 0.2) is 5.75 Å². The number of para-hydroxylation sites is 1. The van der Waals surface area contributed by atoms with E-state index in [9.17, 15) is 22.9 Å². The van der Waals surface area contributed by atoms with Crippen LogP contribution in [0.1, 0.15) is 15.9 Å². The molecule has 0 aromatic heterocycles. The average Bonchev–Trinajstić information content (AvgIpc) is 2.84. The van der Waals surface area contributed by atoms with Gasteiger partial charge >= 0.3 is 29.6 Å². The quantitative estimate of drug-likeness (QED) is 0.203. The molecule has 190 valence electrons. The van der Waals surface area contributed by atoms with E-state index in [-0.39, 0.29) is 73.5 Å². The van der Waals surface area contributed by atoms with E-state index in [2.05, 4.69) is 15.5 Å². The van der Waals surface area contributed by atoms with Gasteiger partial charge < -0.3 is 15.2 Å². The molecule has 4 rings (SSSR count). The van der Waals surface area contributed by atoms with Gasteiger partial charge in [-0.15, -0.1) is 0 Å². The number of amides is 1. The molecule has 0 saturated heterocycles. The van der Waals surface area contributed by atoms with Crippen molar-refractivity contribution >= 4 is 67.1 Å². The normalized spacial score (nSPS) is 11.4. The third kappa shape index (κ3) is 6.13. The third-order valence-corrected chi connectivity index (χ3v) is 7.13. The van der Waals surface area contributed by atoms with E-state index in [4.69, 9.17) is 27.9 Å². The first-order valence-electron chi connectivity index (χ1n) is 10.6. The van der Waals surface area contributed by atoms with Crippen LogP contribution in [0, 0.1) is 6.92 Å². The van der Waals surface area contributed by atoms with Gasteiger partial charge in [0.2, 0.25) is 0 Å². The van der Waals surface area contributed by atoms with Gasteiger partial charge in [0.1, 0.15) is 4.90 Å². The zero-order valence-corrected chi connectivity index (χ0v) is 24.6. The van der Waals surface area contributed by atoms with Crippen molar-refractivity contribution in [3.8, 4) is 11.5 Å². The Morgan fingerprint density at radius 1 is 1.03 bits per heavy atom. The Morgan fingerprint density at radius 2 is 1.74 bits per heavy atom. The first-order chi connectivity index (χ1) is 17.5. The van der Waals surface area contributed by atoms with Gasteiger partial charge in [0, 0.05) is 16.0 Å². The van der Waals surface area contributed by atoms with Crippen molar-refractivity contribution in [2.45, 2.75) is 11.8 Å². The van der Waals surface area contributed by atoms with E-state index >= 15 is 0 Å². The molecule has 9 nitrogen and oxygen atoms in total. The molecule has 13 heteroatoms. The van der Waals surface area contributed by atoms with Gasteiger partial charge in [0.25, 0.3) is 16.0 Å². The Bertz CT molecular complexity index is 1700. The van der Waals surface area contributed by atoms with Crippen molar-refractivity contribution in [3.05, 3.63) is 81.8 Å². The second kappa shape index (κ2) is 12.0. The molecule has 38 heavy (non-hydrogen) atoms. The molecule has 0 atom stereocenters. The summed E-state index contributed by atoms with van der Waals surface area (Å²) >= 11 is 12.2. The molecule has 4 aromatic carbocycles. The average molecular weight is 582 g/mol. The predicted molar refractivity (Wildman–Crippen MR) is 140 cm³/mol. The molecule has 0 aliphatic rings. The number of nitrogens with zero attached hydrogens (tertiary/aromatic N) is 2. The van der Waals surface area contributed by atoms with Gasteiger partial charge in [-0.25, -0.2) is 0 Å². The van der Waals surface area contributed by atoms with Crippen molar-refractivity contribution in [3.63, 3.8) is 0 Å². The van der Waals surface area contributed by atoms with E-state index in [1.165, 1.54) is 26.2 Å². The number of nitrogens with one attached hydrogen (secondary N) is 1. The minimum Gasteiger partial charge on any atom is -0.870 e. The Hall–Kier alpha value is -2.70. The van der Waals surface area contributed by atoms with Crippen LogP contribution in [0.5, 0.6) is 11.5 Å². The molecule has 0 aliphatic heterocycles. The zero-order chi connectivity index (χ0) is 26.9. The van der Waals surface area contributed by atoms with Crippen LogP contribution >= 0.6 is 23.2 Å². The summed E-state index contributed by atoms with van der Waals surface area (Å²) in [6.45, 7) is 1.42. The number of ether oxygens (including phenoxy) is 1. The second-order valence-electron chi connectivity index (χ2n) is 7.82. The smallest absolute Gasteiger partial charge is 0.870 e. The number of methoxy groups -OCH3 is 1. The van der Waals surface area contributed by atoms with Crippen molar-refractivity contribution in [2.24, 2.45) is 10.2 Å². The molecular formula is C25H18Cl2N3NaO6S. The number of benzene rings is 4. The SMILES string of the molecule is COc1c(Cl)cccc1NC(=O)c1cc2ccccc2c(N=Nc2cc(Cl)c(C)c(S(=O)(=O)O)c2)c1[O-].[Na+]. The summed E-state index contributed by atoms with van der Waals surface area (Å²) in [6, 6.07) is 15.4. The van der Waals surface area contributed by atoms with Crippen molar-refractivity contribution < 1.29 is 57.2 Å². The van der Waals surface area contributed by atoms with Crippen LogP contribution in [0.15, 0.2) is 75.8 Å². The van der Waals surface area contributed by atoms with Gasteiger partial charge in [-0.1, -0.05) is 59.3 Å². The van der Waals surface area contributed by atoms with Crippen LogP contribution in [0.25, 0.3) is 10.8 Å². The molecule has 1 amide bonds. The maximum Gasteiger partial charge on any atom is 1.00 e. The van der Waals surface area contributed by atoms with Crippen LogP contribution in [0.2, 0.25) is 10.0 Å². The van der Waals surface area contributed by atoms with Crippen LogP contribution < -0.4 is 44.7 Å². The summed E-state index contributed by atoms with van der Waals surface area (Å²) in [5.74, 6) is -1.20. The third-order valence-electron chi connectivity index (χ3n) is 5.46. The van der Waals surface area contributed by atoms with Gasteiger partial charge in [-0.3, -0.25) is 9.35 Å². The Labute approximate surface area is 250 Å². The van der Waals surface area contributed by atoms with E-state index in [0.717, 1.165) is 6.07 Å². The Balaban J connectivity index is 0.00000400. The molecule has 0 radical (unpaired) electrons. The fraction of sp³-hybridized carbons (Fsp3) is 0.0800. The fourth-order valence-corrected chi connectivity index (χ4v) is 4.94. The summed E-state index contributed by atoms with van der Waals surface area (Å²) in [7, 11) is -3.18. The van der Waals surface area contributed by atoms with Crippen molar-refractivity contribution in [1.29, 1.82) is 0 Å². The number of carbonyl (C=O) groups excluding carboxylic acids is 1. The van der Waals surface area contributed by atoms with Crippen molar-refractivity contribution in [1.82, 2.24) is 0 Å². The molecule has 0 bridgehead atoms. The van der Waals surface area contributed by atoms with E-state index in [1.54, 1.807) is 42.5 Å². The summed E-state index contributed by atoms with van der Waals surface area (Å²) in [6.07, 6.45) is 0. The maximum atomic E-state index is 13.4. The monoisotopic (exact) mass is 581 g/mol. The Kier molecular flexibility index (Phi) is 9.43. The maximum absolute atomic E-state index is 13.4. The molecule has 0 aliphatic carbocycles. The molecule has 4 aromatic rings. The number of anilines is 1. The standard InChI is InChI=1S/C25H19Cl2N3O6S.Na/c1-13-19(27)11-15(12-21(13)37(33,34)35)29-30-22-16-7-4-3-6-14(16)10-17(23(22)31)25(32)28-20-9-5-8-18(26)24(20)36-2;/h3-12,31H,1-2H3,(H,28,32)(H,33,34,35);/q;+1/p-1. The number of fused-ring (bicyclic) bond motifs is 1. The molecule has 0 heterocycles. The van der Waals surface area contributed by atoms with E-state index in [1.807, 2.05) is 0 Å². The topological polar surface area (TPSA) is 140 Å². The summed E-state index contributed by atoms with van der Waals surface area (Å²) in [5, 5.41) is 25.3. The van der Waals surface area contributed by atoms with Crippen molar-refractivity contribution in [2.75, 3.05) is 12.4 Å². The van der Waals surface area contributed by atoms with Crippen LogP contribution in [0.3, 0.4) is 0 Å². The first kappa shape index (κ1) is 29.9. The molecule has 0 fully saturated rings. The molecule has 0 spiro atoms. The number of hydrogen-bond donors (Lipinski definition) is 2. The number of carbonyl (C=O) groups is 1. The summed E-state index contributed by atoms with van der Waals surface area (Å²) in [5.41, 5.74) is 0.0165. The summed E-state index contributed by atoms with van der Waals surface area (Å²) < 4.78 is 38.2. The minimum absolute atomic E-state index is 0. The molecular weight excluding hydrogens is 564 g/mol. The van der Waals surface area contributed by atoms with Gasteiger partial charge in [-0.2, -0.15) is 18.6 Å². The minimum atomic E-state index is -4.58. The molecule has 2 N–H and O–H groups in total. The first-order valence-corrected chi connectivity index (χ1v) is 12.8. The molecule has 0 unspecified atom stereocenters.